The van der Waals surface area contributed by atoms with Crippen LogP contribution in [0.5, 0.6) is 0 Å². The quantitative estimate of drug-likeness (QED) is 0.510. The Morgan fingerprint density at radius 2 is 2.37 bits per heavy atom. The van der Waals surface area contributed by atoms with Gasteiger partial charge in [-0.15, -0.1) is 0 Å². The zero-order chi connectivity index (χ0) is 14.0. The molecule has 1 fully saturated rings. The molecule has 1 aliphatic heterocycles. The van der Waals surface area contributed by atoms with Gasteiger partial charge in [0.2, 0.25) is 0 Å². The van der Waals surface area contributed by atoms with Crippen LogP contribution in [0.15, 0.2) is 17.3 Å². The summed E-state index contributed by atoms with van der Waals surface area (Å²) in [4.78, 5) is 24.3. The topological polar surface area (TPSA) is 96.0 Å². The predicted molar refractivity (Wildman–Crippen MR) is 69.9 cm³/mol. The Kier molecular flexibility index (Phi) is 3.79. The van der Waals surface area contributed by atoms with Gasteiger partial charge in [0.25, 0.3) is 5.91 Å². The summed E-state index contributed by atoms with van der Waals surface area (Å²) in [6.45, 7) is 2.81. The van der Waals surface area contributed by atoms with Crippen molar-refractivity contribution in [2.24, 2.45) is 11.1 Å². The SMILES string of the molecule is CC1CN(C(=O)c2ccc([N+](=O)[O-])s2)CC/C1=N\O. The highest BCUT2D eigenvalue weighted by atomic mass is 32.1. The summed E-state index contributed by atoms with van der Waals surface area (Å²) in [5, 5.41) is 22.6. The van der Waals surface area contributed by atoms with Crippen LogP contribution in [0, 0.1) is 16.0 Å². The maximum absolute atomic E-state index is 12.2. The molecule has 8 heteroatoms. The van der Waals surface area contributed by atoms with E-state index in [0.717, 1.165) is 11.3 Å². The van der Waals surface area contributed by atoms with E-state index < -0.39 is 4.92 Å². The normalized spacial score (nSPS) is 21.6. The molecule has 102 valence electrons. The smallest absolute Gasteiger partial charge is 0.324 e. The van der Waals surface area contributed by atoms with Crippen LogP contribution < -0.4 is 0 Å². The van der Waals surface area contributed by atoms with Gasteiger partial charge in [-0.25, -0.2) is 0 Å². The minimum atomic E-state index is -0.503. The lowest BCUT2D eigenvalue weighted by molar-refractivity contribution is -0.380. The molecule has 0 bridgehead atoms. The molecule has 1 aromatic rings. The average Bonchev–Trinajstić information content (AvgIpc) is 2.87. The van der Waals surface area contributed by atoms with Gasteiger partial charge >= 0.3 is 5.00 Å². The van der Waals surface area contributed by atoms with Crippen molar-refractivity contribution in [2.75, 3.05) is 13.1 Å². The number of nitrogens with zero attached hydrogens (tertiary/aromatic N) is 3. The molecule has 0 aromatic carbocycles. The second-order valence-electron chi connectivity index (χ2n) is 4.39. The molecule has 0 spiro atoms. The molecule has 1 saturated heterocycles. The molecule has 1 atom stereocenters. The first-order chi connectivity index (χ1) is 9.02. The number of amides is 1. The largest absolute Gasteiger partial charge is 0.411 e. The van der Waals surface area contributed by atoms with Gasteiger partial charge in [-0.1, -0.05) is 23.4 Å². The molecule has 19 heavy (non-hydrogen) atoms. The number of likely N-dealkylation sites (tertiary alicyclic amines) is 1. The highest BCUT2D eigenvalue weighted by Crippen LogP contribution is 2.26. The number of nitro groups is 1. The lowest BCUT2D eigenvalue weighted by Gasteiger charge is -2.31. The Hall–Kier alpha value is -1.96. The first-order valence-corrected chi connectivity index (χ1v) is 6.59. The number of piperidine rings is 1. The third-order valence-electron chi connectivity index (χ3n) is 3.10. The second-order valence-corrected chi connectivity index (χ2v) is 5.45. The van der Waals surface area contributed by atoms with Crippen molar-refractivity contribution in [1.29, 1.82) is 0 Å². The van der Waals surface area contributed by atoms with E-state index in [9.17, 15) is 14.9 Å². The van der Waals surface area contributed by atoms with Gasteiger partial charge in [0, 0.05) is 31.5 Å². The fourth-order valence-electron chi connectivity index (χ4n) is 2.05. The van der Waals surface area contributed by atoms with Gasteiger partial charge < -0.3 is 10.1 Å². The third kappa shape index (κ3) is 2.73. The Labute approximate surface area is 113 Å². The lowest BCUT2D eigenvalue weighted by Crippen LogP contribution is -2.43. The lowest BCUT2D eigenvalue weighted by atomic mass is 9.97. The molecular weight excluding hydrogens is 270 g/mol. The van der Waals surface area contributed by atoms with Gasteiger partial charge in [0.15, 0.2) is 0 Å². The van der Waals surface area contributed by atoms with Gasteiger partial charge in [-0.05, 0) is 6.07 Å². The molecule has 1 aromatic heterocycles. The monoisotopic (exact) mass is 283 g/mol. The fourth-order valence-corrected chi connectivity index (χ4v) is 2.84. The zero-order valence-corrected chi connectivity index (χ0v) is 11.1. The minimum Gasteiger partial charge on any atom is -0.411 e. The second kappa shape index (κ2) is 5.35. The van der Waals surface area contributed by atoms with Crippen molar-refractivity contribution >= 4 is 28.0 Å². The molecule has 7 nitrogen and oxygen atoms in total. The molecule has 0 aliphatic carbocycles. The average molecular weight is 283 g/mol. The van der Waals surface area contributed by atoms with Gasteiger partial charge in [-0.2, -0.15) is 0 Å². The van der Waals surface area contributed by atoms with Gasteiger partial charge in [0.1, 0.15) is 0 Å². The van der Waals surface area contributed by atoms with Crippen LogP contribution in [0.3, 0.4) is 0 Å². The van der Waals surface area contributed by atoms with Crippen molar-refractivity contribution in [3.63, 3.8) is 0 Å². The summed E-state index contributed by atoms with van der Waals surface area (Å²) >= 11 is 0.881. The maximum atomic E-state index is 12.2. The van der Waals surface area contributed by atoms with E-state index in [1.807, 2.05) is 6.92 Å². The molecule has 1 amide bonds. The predicted octanol–water partition coefficient (Wildman–Crippen LogP) is 1.97. The molecule has 0 saturated carbocycles. The highest BCUT2D eigenvalue weighted by Gasteiger charge is 2.28. The summed E-state index contributed by atoms with van der Waals surface area (Å²) in [5.41, 5.74) is 0.682. The van der Waals surface area contributed by atoms with Crippen LogP contribution in [-0.4, -0.2) is 39.7 Å². The number of thiophene rings is 1. The Bertz CT molecular complexity index is 540. The molecule has 1 aliphatic rings. The molecular formula is C11H13N3O4S. The van der Waals surface area contributed by atoms with E-state index in [1.165, 1.54) is 12.1 Å². The highest BCUT2D eigenvalue weighted by molar-refractivity contribution is 7.17. The standard InChI is InChI=1S/C11H13N3O4S/c1-7-6-13(5-4-8(7)12-16)11(15)9-2-3-10(19-9)14(17)18/h2-3,7,16H,4-6H2,1H3/b12-8+. The van der Waals surface area contributed by atoms with Crippen LogP contribution in [0.4, 0.5) is 5.00 Å². The summed E-state index contributed by atoms with van der Waals surface area (Å²) in [5.74, 6) is -0.209. The maximum Gasteiger partial charge on any atom is 0.324 e. The van der Waals surface area contributed by atoms with Gasteiger partial charge in [-0.3, -0.25) is 14.9 Å². The molecule has 2 rings (SSSR count). The van der Waals surface area contributed by atoms with E-state index in [2.05, 4.69) is 5.16 Å². The Balaban J connectivity index is 2.10. The molecule has 1 unspecified atom stereocenters. The zero-order valence-electron chi connectivity index (χ0n) is 10.3. The number of carbonyl (C=O) groups excluding carboxylic acids is 1. The number of carbonyl (C=O) groups is 1. The molecule has 2 heterocycles. The van der Waals surface area contributed by atoms with E-state index >= 15 is 0 Å². The van der Waals surface area contributed by atoms with Crippen LogP contribution >= 0.6 is 11.3 Å². The minimum absolute atomic E-state index is 0.00218. The van der Waals surface area contributed by atoms with Crippen molar-refractivity contribution < 1.29 is 14.9 Å². The first-order valence-electron chi connectivity index (χ1n) is 5.77. The van der Waals surface area contributed by atoms with Crippen molar-refractivity contribution in [3.8, 4) is 0 Å². The van der Waals surface area contributed by atoms with Crippen molar-refractivity contribution in [3.05, 3.63) is 27.1 Å². The fraction of sp³-hybridized carbons (Fsp3) is 0.455. The first kappa shape index (κ1) is 13.5. The summed E-state index contributed by atoms with van der Waals surface area (Å²) in [6, 6.07) is 2.82. The van der Waals surface area contributed by atoms with Crippen LogP contribution in [0.2, 0.25) is 0 Å². The van der Waals surface area contributed by atoms with Crippen molar-refractivity contribution in [1.82, 2.24) is 4.90 Å². The van der Waals surface area contributed by atoms with Crippen molar-refractivity contribution in [2.45, 2.75) is 13.3 Å². The number of rotatable bonds is 2. The number of oxime groups is 1. The van der Waals surface area contributed by atoms with Crippen LogP contribution in [-0.2, 0) is 0 Å². The molecule has 0 radical (unpaired) electrons. The summed E-state index contributed by atoms with van der Waals surface area (Å²) < 4.78 is 0. The number of hydrogen-bond acceptors (Lipinski definition) is 6. The van der Waals surface area contributed by atoms with Crippen LogP contribution in [0.1, 0.15) is 23.0 Å². The van der Waals surface area contributed by atoms with Gasteiger partial charge in [0.05, 0.1) is 15.5 Å². The Morgan fingerprint density at radius 1 is 1.63 bits per heavy atom. The van der Waals surface area contributed by atoms with E-state index in [1.54, 1.807) is 4.90 Å². The number of hydrogen-bond donors (Lipinski definition) is 1. The summed E-state index contributed by atoms with van der Waals surface area (Å²) in [7, 11) is 0. The van der Waals surface area contributed by atoms with E-state index in [-0.39, 0.29) is 16.8 Å². The summed E-state index contributed by atoms with van der Waals surface area (Å²) in [6.07, 6.45) is 0.525. The Morgan fingerprint density at radius 3 is 2.89 bits per heavy atom. The third-order valence-corrected chi connectivity index (χ3v) is 4.12. The van der Waals surface area contributed by atoms with Crippen LogP contribution in [0.25, 0.3) is 0 Å². The van der Waals surface area contributed by atoms with E-state index in [0.29, 0.717) is 30.1 Å². The molecule has 1 N–H and O–H groups in total. The van der Waals surface area contributed by atoms with E-state index in [4.69, 9.17) is 5.21 Å².